The minimum atomic E-state index is -0.570. The fourth-order valence-electron chi connectivity index (χ4n) is 3.79. The van der Waals surface area contributed by atoms with Gasteiger partial charge in [-0.25, -0.2) is 0 Å². The zero-order valence-corrected chi connectivity index (χ0v) is 15.7. The Bertz CT molecular complexity index is 1030. The normalized spacial score (nSPS) is 19.9. The molecule has 2 atom stereocenters. The van der Waals surface area contributed by atoms with Crippen LogP contribution in [0.3, 0.4) is 0 Å². The Balaban J connectivity index is 2.04. The second kappa shape index (κ2) is 6.57. The minimum Gasteiger partial charge on any atom is -0.411 e. The van der Waals surface area contributed by atoms with Crippen molar-refractivity contribution < 1.29 is 10.0 Å². The van der Waals surface area contributed by atoms with Crippen molar-refractivity contribution in [1.82, 2.24) is 0 Å². The summed E-state index contributed by atoms with van der Waals surface area (Å²) in [4.78, 5) is 12.8. The summed E-state index contributed by atoms with van der Waals surface area (Å²) in [6.07, 6.45) is 0. The number of anilines is 1. The summed E-state index contributed by atoms with van der Waals surface area (Å²) in [5.74, 6) is -0.954. The molecule has 0 saturated heterocycles. The van der Waals surface area contributed by atoms with Gasteiger partial charge < -0.3 is 10.5 Å². The Morgan fingerprint density at radius 1 is 1.08 bits per heavy atom. The van der Waals surface area contributed by atoms with Crippen molar-refractivity contribution in [2.24, 2.45) is 11.1 Å². The largest absolute Gasteiger partial charge is 0.411 e. The van der Waals surface area contributed by atoms with Gasteiger partial charge in [-0.1, -0.05) is 63.6 Å². The lowest BCUT2D eigenvalue weighted by Crippen LogP contribution is -2.38. The van der Waals surface area contributed by atoms with Crippen LogP contribution in [0.4, 0.5) is 5.69 Å². The third-order valence-corrected chi connectivity index (χ3v) is 5.52. The highest BCUT2D eigenvalue weighted by Crippen LogP contribution is 2.45. The predicted octanol–water partition coefficient (Wildman–Crippen LogP) is 5.15. The van der Waals surface area contributed by atoms with Crippen LogP contribution in [0.1, 0.15) is 24.0 Å². The maximum atomic E-state index is 12.8. The van der Waals surface area contributed by atoms with Crippen molar-refractivity contribution in [1.29, 1.82) is 0 Å². The lowest BCUT2D eigenvalue weighted by atomic mass is 9.73. The molecule has 2 N–H and O–H groups in total. The van der Waals surface area contributed by atoms with Gasteiger partial charge >= 0.3 is 0 Å². The lowest BCUT2D eigenvalue weighted by Gasteiger charge is -2.34. The van der Waals surface area contributed by atoms with Crippen molar-refractivity contribution in [2.45, 2.75) is 12.8 Å². The number of rotatable bonds is 2. The van der Waals surface area contributed by atoms with Crippen LogP contribution < -0.4 is 5.32 Å². The van der Waals surface area contributed by atoms with Crippen molar-refractivity contribution in [3.05, 3.63) is 76.3 Å². The summed E-state index contributed by atoms with van der Waals surface area (Å²) in [5, 5.41) is 17.9. The molecule has 0 spiro atoms. The van der Waals surface area contributed by atoms with E-state index in [-0.39, 0.29) is 11.8 Å². The van der Waals surface area contributed by atoms with E-state index >= 15 is 0 Å². The first-order valence-corrected chi connectivity index (χ1v) is 9.16. The molecule has 0 bridgehead atoms. The third kappa shape index (κ3) is 2.69. The molecule has 1 amide bonds. The van der Waals surface area contributed by atoms with Gasteiger partial charge in [-0.2, -0.15) is 0 Å². The van der Waals surface area contributed by atoms with Crippen molar-refractivity contribution in [3.63, 3.8) is 0 Å². The first-order valence-electron chi connectivity index (χ1n) is 8.36. The van der Waals surface area contributed by atoms with Crippen molar-refractivity contribution >= 4 is 44.0 Å². The molecule has 0 aliphatic carbocycles. The smallest absolute Gasteiger partial charge is 0.234 e. The molecule has 26 heavy (non-hydrogen) atoms. The molecule has 130 valence electrons. The first kappa shape index (κ1) is 16.8. The van der Waals surface area contributed by atoms with Crippen LogP contribution in [0.25, 0.3) is 10.8 Å². The van der Waals surface area contributed by atoms with Crippen LogP contribution in [0, 0.1) is 5.92 Å². The molecule has 0 unspecified atom stereocenters. The van der Waals surface area contributed by atoms with Gasteiger partial charge in [0, 0.05) is 16.1 Å². The first-order chi connectivity index (χ1) is 12.6. The molecular weight excluding hydrogens is 392 g/mol. The number of hydrogen-bond donors (Lipinski definition) is 2. The van der Waals surface area contributed by atoms with E-state index in [9.17, 15) is 10.0 Å². The molecular formula is C21H17BrN2O2. The van der Waals surface area contributed by atoms with Crippen LogP contribution >= 0.6 is 15.9 Å². The highest BCUT2D eigenvalue weighted by Gasteiger charge is 2.39. The Kier molecular flexibility index (Phi) is 4.24. The third-order valence-electron chi connectivity index (χ3n) is 4.99. The number of nitrogens with one attached hydrogen (secondary N) is 1. The van der Waals surface area contributed by atoms with Crippen LogP contribution in [-0.2, 0) is 4.79 Å². The Labute approximate surface area is 159 Å². The van der Waals surface area contributed by atoms with Crippen LogP contribution in [0.2, 0.25) is 0 Å². The van der Waals surface area contributed by atoms with Crippen molar-refractivity contribution in [3.8, 4) is 0 Å². The Morgan fingerprint density at radius 3 is 2.54 bits per heavy atom. The molecule has 0 fully saturated rings. The summed E-state index contributed by atoms with van der Waals surface area (Å²) < 4.78 is 0.976. The second-order valence-corrected chi connectivity index (χ2v) is 7.40. The Hall–Kier alpha value is -2.66. The summed E-state index contributed by atoms with van der Waals surface area (Å²) in [7, 11) is 0. The maximum Gasteiger partial charge on any atom is 0.234 e. The highest BCUT2D eigenvalue weighted by molar-refractivity contribution is 9.10. The molecule has 1 aliphatic heterocycles. The number of hydrogen-bond acceptors (Lipinski definition) is 3. The molecule has 1 heterocycles. The summed E-state index contributed by atoms with van der Waals surface area (Å²) in [6, 6.07) is 20.1. The highest BCUT2D eigenvalue weighted by atomic mass is 79.9. The summed E-state index contributed by atoms with van der Waals surface area (Å²) in [6.45, 7) is 1.69. The van der Waals surface area contributed by atoms with Crippen molar-refractivity contribution in [2.75, 3.05) is 5.32 Å². The fourth-order valence-corrected chi connectivity index (χ4v) is 4.05. The average Bonchev–Trinajstić information content (AvgIpc) is 2.67. The molecule has 0 saturated carbocycles. The molecule has 0 aromatic heterocycles. The summed E-state index contributed by atoms with van der Waals surface area (Å²) >= 11 is 3.47. The molecule has 0 radical (unpaired) electrons. The van der Waals surface area contributed by atoms with Gasteiger partial charge in [0.15, 0.2) is 0 Å². The van der Waals surface area contributed by atoms with E-state index < -0.39 is 5.92 Å². The number of amides is 1. The van der Waals surface area contributed by atoms with Gasteiger partial charge in [-0.05, 0) is 47.0 Å². The standard InChI is InChI=1S/C21H17BrN2O2/c1-12(24-26)18-19(14-6-9-15(22)10-7-14)20-16-5-3-2-4-13(16)8-11-17(20)23-21(18)25/h2-11,18-19,26H,1H3,(H,23,25)/b24-12+/t18-,19-/m1/s1. The predicted molar refractivity (Wildman–Crippen MR) is 107 cm³/mol. The van der Waals surface area contributed by atoms with E-state index in [1.807, 2.05) is 48.5 Å². The molecule has 4 rings (SSSR count). The molecule has 1 aliphatic rings. The minimum absolute atomic E-state index is 0.156. The number of carbonyl (C=O) groups is 1. The molecule has 5 heteroatoms. The number of halogens is 1. The number of nitrogens with zero attached hydrogens (tertiary/aromatic N) is 1. The van der Waals surface area contributed by atoms with Gasteiger partial charge in [-0.3, -0.25) is 4.79 Å². The van der Waals surface area contributed by atoms with E-state index in [1.165, 1.54) is 0 Å². The van der Waals surface area contributed by atoms with E-state index in [2.05, 4.69) is 38.5 Å². The van der Waals surface area contributed by atoms with Gasteiger partial charge in [0.2, 0.25) is 5.91 Å². The number of carbonyl (C=O) groups excluding carboxylic acids is 1. The average molecular weight is 409 g/mol. The molecule has 3 aromatic carbocycles. The van der Waals surface area contributed by atoms with E-state index in [1.54, 1.807) is 6.92 Å². The fraction of sp³-hybridized carbons (Fsp3) is 0.143. The molecule has 4 nitrogen and oxygen atoms in total. The van der Waals surface area contributed by atoms with Gasteiger partial charge in [0.25, 0.3) is 0 Å². The topological polar surface area (TPSA) is 61.7 Å². The number of benzene rings is 3. The zero-order valence-electron chi connectivity index (χ0n) is 14.1. The van der Waals surface area contributed by atoms with E-state index in [0.717, 1.165) is 32.1 Å². The maximum absolute atomic E-state index is 12.8. The monoisotopic (exact) mass is 408 g/mol. The van der Waals surface area contributed by atoms with Gasteiger partial charge in [0.05, 0.1) is 11.6 Å². The SMILES string of the molecule is C/C(=N\O)[C@H]1C(=O)Nc2ccc3ccccc3c2[C@@H]1c1ccc(Br)cc1. The summed E-state index contributed by atoms with van der Waals surface area (Å²) in [5.41, 5.74) is 3.27. The van der Waals surface area contributed by atoms with E-state index in [0.29, 0.717) is 5.71 Å². The second-order valence-electron chi connectivity index (χ2n) is 6.49. The van der Waals surface area contributed by atoms with Crippen LogP contribution in [0.15, 0.2) is 70.3 Å². The quantitative estimate of drug-likeness (QED) is 0.349. The molecule has 3 aromatic rings. The van der Waals surface area contributed by atoms with Gasteiger partial charge in [-0.15, -0.1) is 0 Å². The van der Waals surface area contributed by atoms with Crippen LogP contribution in [0.5, 0.6) is 0 Å². The van der Waals surface area contributed by atoms with Crippen LogP contribution in [-0.4, -0.2) is 16.8 Å². The van der Waals surface area contributed by atoms with Gasteiger partial charge in [0.1, 0.15) is 0 Å². The number of fused-ring (bicyclic) bond motifs is 3. The Morgan fingerprint density at radius 2 is 1.81 bits per heavy atom. The number of oxime groups is 1. The zero-order chi connectivity index (χ0) is 18.3. The van der Waals surface area contributed by atoms with E-state index in [4.69, 9.17) is 0 Å². The lowest BCUT2D eigenvalue weighted by molar-refractivity contribution is -0.118.